The fraction of sp³-hybridized carbons (Fsp3) is 0.250. The molecule has 0 unspecified atom stereocenters. The standard InChI is InChI=1S/C16H15BrN2O/c1-11(2)19(8-7-18)16(20)14-4-3-13-10-15(17)6-5-12(13)9-14/h3-6,9-11H,8H2,1-2H3. The van der Waals surface area contributed by atoms with E-state index in [4.69, 9.17) is 5.26 Å². The third-order valence-electron chi connectivity index (χ3n) is 3.17. The number of benzene rings is 2. The van der Waals surface area contributed by atoms with Gasteiger partial charge in [0.2, 0.25) is 0 Å². The van der Waals surface area contributed by atoms with Crippen LogP contribution in [-0.4, -0.2) is 23.4 Å². The van der Waals surface area contributed by atoms with Gasteiger partial charge in [-0.3, -0.25) is 4.79 Å². The lowest BCUT2D eigenvalue weighted by Gasteiger charge is -2.24. The Morgan fingerprint density at radius 1 is 1.25 bits per heavy atom. The molecule has 0 saturated heterocycles. The predicted molar refractivity (Wildman–Crippen MR) is 83.4 cm³/mol. The minimum absolute atomic E-state index is 0.00256. The van der Waals surface area contributed by atoms with Gasteiger partial charge in [-0.05, 0) is 48.9 Å². The van der Waals surface area contributed by atoms with E-state index in [9.17, 15) is 4.79 Å². The first-order valence-corrected chi connectivity index (χ1v) is 7.19. The number of hydrogen-bond donors (Lipinski definition) is 0. The number of halogens is 1. The lowest BCUT2D eigenvalue weighted by Crippen LogP contribution is -2.37. The van der Waals surface area contributed by atoms with Gasteiger partial charge in [-0.15, -0.1) is 0 Å². The van der Waals surface area contributed by atoms with Crippen LogP contribution >= 0.6 is 15.9 Å². The zero-order valence-electron chi connectivity index (χ0n) is 11.4. The zero-order valence-corrected chi connectivity index (χ0v) is 13.0. The largest absolute Gasteiger partial charge is 0.323 e. The summed E-state index contributed by atoms with van der Waals surface area (Å²) in [5, 5.41) is 10.9. The molecule has 20 heavy (non-hydrogen) atoms. The summed E-state index contributed by atoms with van der Waals surface area (Å²) >= 11 is 3.43. The van der Waals surface area contributed by atoms with Gasteiger partial charge < -0.3 is 4.90 Å². The van der Waals surface area contributed by atoms with Crippen LogP contribution in [0, 0.1) is 11.3 Å². The molecule has 0 radical (unpaired) electrons. The summed E-state index contributed by atoms with van der Waals surface area (Å²) in [5.41, 5.74) is 0.615. The Morgan fingerprint density at radius 3 is 2.55 bits per heavy atom. The van der Waals surface area contributed by atoms with Crippen LogP contribution in [0.2, 0.25) is 0 Å². The predicted octanol–water partition coefficient (Wildman–Crippen LogP) is 3.98. The van der Waals surface area contributed by atoms with Crippen molar-refractivity contribution in [3.8, 4) is 6.07 Å². The highest BCUT2D eigenvalue weighted by molar-refractivity contribution is 9.10. The van der Waals surface area contributed by atoms with Crippen LogP contribution in [0.3, 0.4) is 0 Å². The van der Waals surface area contributed by atoms with Crippen molar-refractivity contribution in [2.24, 2.45) is 0 Å². The van der Waals surface area contributed by atoms with Crippen LogP contribution in [0.5, 0.6) is 0 Å². The van der Waals surface area contributed by atoms with Crippen LogP contribution in [0.4, 0.5) is 0 Å². The number of hydrogen-bond acceptors (Lipinski definition) is 2. The van der Waals surface area contributed by atoms with Gasteiger partial charge in [-0.2, -0.15) is 5.26 Å². The first kappa shape index (κ1) is 14.5. The van der Waals surface area contributed by atoms with Gasteiger partial charge in [0.1, 0.15) is 6.54 Å². The molecule has 4 heteroatoms. The highest BCUT2D eigenvalue weighted by Gasteiger charge is 2.18. The van der Waals surface area contributed by atoms with Crippen molar-refractivity contribution in [2.45, 2.75) is 19.9 Å². The SMILES string of the molecule is CC(C)N(CC#N)C(=O)c1ccc2cc(Br)ccc2c1. The summed E-state index contributed by atoms with van der Waals surface area (Å²) in [6, 6.07) is 13.6. The molecule has 0 spiro atoms. The van der Waals surface area contributed by atoms with E-state index in [-0.39, 0.29) is 18.5 Å². The van der Waals surface area contributed by atoms with Gasteiger partial charge >= 0.3 is 0 Å². The normalized spacial score (nSPS) is 10.6. The molecule has 0 fully saturated rings. The number of rotatable bonds is 3. The second kappa shape index (κ2) is 6.06. The number of carbonyl (C=O) groups excluding carboxylic acids is 1. The molecule has 0 aromatic heterocycles. The first-order chi connectivity index (χ1) is 9.52. The van der Waals surface area contributed by atoms with Crippen LogP contribution in [0.15, 0.2) is 40.9 Å². The van der Waals surface area contributed by atoms with Crippen molar-refractivity contribution < 1.29 is 4.79 Å². The van der Waals surface area contributed by atoms with Gasteiger partial charge in [0.25, 0.3) is 5.91 Å². The fourth-order valence-corrected chi connectivity index (χ4v) is 2.46. The molecule has 2 aromatic carbocycles. The molecule has 0 bridgehead atoms. The topological polar surface area (TPSA) is 44.1 Å². The van der Waals surface area contributed by atoms with E-state index in [1.54, 1.807) is 4.90 Å². The molecule has 0 N–H and O–H groups in total. The molecular formula is C16H15BrN2O. The van der Waals surface area contributed by atoms with E-state index in [1.807, 2.05) is 56.3 Å². The average Bonchev–Trinajstić information content (AvgIpc) is 2.43. The zero-order chi connectivity index (χ0) is 14.7. The first-order valence-electron chi connectivity index (χ1n) is 6.40. The van der Waals surface area contributed by atoms with Crippen LogP contribution < -0.4 is 0 Å². The summed E-state index contributed by atoms with van der Waals surface area (Å²) in [4.78, 5) is 14.0. The quantitative estimate of drug-likeness (QED) is 0.799. The molecular weight excluding hydrogens is 316 g/mol. The Morgan fingerprint density at radius 2 is 1.90 bits per heavy atom. The highest BCUT2D eigenvalue weighted by atomic mass is 79.9. The van der Waals surface area contributed by atoms with Crippen molar-refractivity contribution in [3.05, 3.63) is 46.4 Å². The Hall–Kier alpha value is -1.86. The van der Waals surface area contributed by atoms with Crippen LogP contribution in [0.1, 0.15) is 24.2 Å². The third kappa shape index (κ3) is 3.00. The third-order valence-corrected chi connectivity index (χ3v) is 3.67. The Balaban J connectivity index is 2.39. The van der Waals surface area contributed by atoms with Gasteiger partial charge in [0.05, 0.1) is 6.07 Å². The van der Waals surface area contributed by atoms with Gasteiger partial charge in [0, 0.05) is 16.1 Å². The smallest absolute Gasteiger partial charge is 0.254 e. The molecule has 0 aliphatic heterocycles. The van der Waals surface area contributed by atoms with Crippen molar-refractivity contribution in [1.82, 2.24) is 4.90 Å². The van der Waals surface area contributed by atoms with Crippen LogP contribution in [0.25, 0.3) is 10.8 Å². The summed E-state index contributed by atoms with van der Waals surface area (Å²) in [6.45, 7) is 3.93. The summed E-state index contributed by atoms with van der Waals surface area (Å²) in [5.74, 6) is -0.105. The Kier molecular flexibility index (Phi) is 4.41. The Bertz CT molecular complexity index is 688. The molecule has 1 amide bonds. The van der Waals surface area contributed by atoms with Crippen molar-refractivity contribution in [2.75, 3.05) is 6.54 Å². The number of fused-ring (bicyclic) bond motifs is 1. The fourth-order valence-electron chi connectivity index (χ4n) is 2.08. The van der Waals surface area contributed by atoms with Crippen molar-refractivity contribution in [3.63, 3.8) is 0 Å². The summed E-state index contributed by atoms with van der Waals surface area (Å²) in [6.07, 6.45) is 0. The van der Waals surface area contributed by atoms with Gasteiger partial charge in [-0.25, -0.2) is 0 Å². The molecule has 0 heterocycles. The minimum Gasteiger partial charge on any atom is -0.323 e. The second-order valence-corrected chi connectivity index (χ2v) is 5.81. The maximum atomic E-state index is 12.5. The van der Waals surface area contributed by atoms with E-state index in [2.05, 4.69) is 15.9 Å². The summed E-state index contributed by atoms with van der Waals surface area (Å²) < 4.78 is 1.01. The second-order valence-electron chi connectivity index (χ2n) is 4.89. The molecule has 0 saturated carbocycles. The van der Waals surface area contributed by atoms with E-state index in [0.29, 0.717) is 5.56 Å². The summed E-state index contributed by atoms with van der Waals surface area (Å²) in [7, 11) is 0. The lowest BCUT2D eigenvalue weighted by molar-refractivity contribution is 0.0731. The maximum Gasteiger partial charge on any atom is 0.254 e. The highest BCUT2D eigenvalue weighted by Crippen LogP contribution is 2.22. The van der Waals surface area contributed by atoms with E-state index >= 15 is 0 Å². The molecule has 0 aliphatic carbocycles. The molecule has 2 rings (SSSR count). The lowest BCUT2D eigenvalue weighted by atomic mass is 10.1. The molecule has 3 nitrogen and oxygen atoms in total. The molecule has 0 atom stereocenters. The number of nitrogens with zero attached hydrogens (tertiary/aromatic N) is 2. The Labute approximate surface area is 126 Å². The maximum absolute atomic E-state index is 12.5. The number of nitriles is 1. The van der Waals surface area contributed by atoms with Crippen LogP contribution in [-0.2, 0) is 0 Å². The monoisotopic (exact) mass is 330 g/mol. The van der Waals surface area contributed by atoms with E-state index in [1.165, 1.54) is 0 Å². The van der Waals surface area contributed by atoms with E-state index in [0.717, 1.165) is 15.2 Å². The van der Waals surface area contributed by atoms with E-state index < -0.39 is 0 Å². The van der Waals surface area contributed by atoms with Gasteiger partial charge in [-0.1, -0.05) is 28.1 Å². The van der Waals surface area contributed by atoms with Gasteiger partial charge in [0.15, 0.2) is 0 Å². The molecule has 0 aliphatic rings. The minimum atomic E-state index is -0.105. The molecule has 102 valence electrons. The average molecular weight is 331 g/mol. The van der Waals surface area contributed by atoms with Crippen molar-refractivity contribution >= 4 is 32.6 Å². The number of carbonyl (C=O) groups is 1. The molecule has 2 aromatic rings. The van der Waals surface area contributed by atoms with Crippen molar-refractivity contribution in [1.29, 1.82) is 5.26 Å². The number of amides is 1.